The van der Waals surface area contributed by atoms with Gasteiger partial charge >= 0.3 is 18.0 Å². The standard InChI is InChI=1S/C27H33N3O6/c1-28(2)18-19-36-26(33)25(32)30(21-8-4-3-5-9-21)23-11-7-6-10-22(23)24(31)13-12-20-14-16-29(17-15-20)27(34)35/h3-11,20H,12-19H2,1-2H3,(H,34,35). The highest BCUT2D eigenvalue weighted by molar-refractivity contribution is 6.40. The lowest BCUT2D eigenvalue weighted by Crippen LogP contribution is -2.37. The smallest absolute Gasteiger partial charge is 0.407 e. The van der Waals surface area contributed by atoms with Crippen molar-refractivity contribution < 1.29 is 29.0 Å². The van der Waals surface area contributed by atoms with E-state index < -0.39 is 18.0 Å². The van der Waals surface area contributed by atoms with E-state index in [-0.39, 0.29) is 24.7 Å². The van der Waals surface area contributed by atoms with Gasteiger partial charge in [-0.1, -0.05) is 30.3 Å². The normalized spacial score (nSPS) is 13.9. The van der Waals surface area contributed by atoms with Crippen LogP contribution >= 0.6 is 0 Å². The van der Waals surface area contributed by atoms with Gasteiger partial charge in [0.25, 0.3) is 0 Å². The molecule has 0 aliphatic carbocycles. The summed E-state index contributed by atoms with van der Waals surface area (Å²) in [6.07, 6.45) is 1.42. The Bertz CT molecular complexity index is 1060. The van der Waals surface area contributed by atoms with Crippen LogP contribution in [0.2, 0.25) is 0 Å². The van der Waals surface area contributed by atoms with Crippen LogP contribution in [-0.2, 0) is 14.3 Å². The van der Waals surface area contributed by atoms with E-state index in [1.54, 1.807) is 54.6 Å². The number of piperidine rings is 1. The number of rotatable bonds is 9. The molecule has 9 heteroatoms. The highest BCUT2D eigenvalue weighted by Gasteiger charge is 2.30. The number of ether oxygens (including phenoxy) is 1. The molecule has 9 nitrogen and oxygen atoms in total. The fraction of sp³-hybridized carbons (Fsp3) is 0.407. The summed E-state index contributed by atoms with van der Waals surface area (Å²) in [4.78, 5) is 54.8. The molecular weight excluding hydrogens is 462 g/mol. The van der Waals surface area contributed by atoms with Crippen LogP contribution in [0.25, 0.3) is 0 Å². The molecule has 3 rings (SSSR count). The molecule has 1 aliphatic heterocycles. The Morgan fingerprint density at radius 2 is 1.61 bits per heavy atom. The summed E-state index contributed by atoms with van der Waals surface area (Å²) in [7, 11) is 3.67. The van der Waals surface area contributed by atoms with Gasteiger partial charge in [0.2, 0.25) is 0 Å². The molecule has 0 spiro atoms. The highest BCUT2D eigenvalue weighted by Crippen LogP contribution is 2.31. The molecule has 0 unspecified atom stereocenters. The lowest BCUT2D eigenvalue weighted by atomic mass is 9.90. The zero-order valence-electron chi connectivity index (χ0n) is 20.8. The third-order valence-electron chi connectivity index (χ3n) is 6.27. The molecule has 0 radical (unpaired) electrons. The molecule has 1 saturated heterocycles. The minimum atomic E-state index is -0.992. The zero-order valence-corrected chi connectivity index (χ0v) is 20.8. The number of hydrogen-bond donors (Lipinski definition) is 1. The van der Waals surface area contributed by atoms with Gasteiger partial charge in [-0.3, -0.25) is 14.5 Å². The lowest BCUT2D eigenvalue weighted by Gasteiger charge is -2.30. The molecule has 0 bridgehead atoms. The topological polar surface area (TPSA) is 107 Å². The van der Waals surface area contributed by atoms with E-state index in [0.717, 1.165) is 0 Å². The first-order chi connectivity index (χ1) is 17.3. The second kappa shape index (κ2) is 12.8. The summed E-state index contributed by atoms with van der Waals surface area (Å²) in [6, 6.07) is 15.4. The number of esters is 1. The number of carbonyl (C=O) groups excluding carboxylic acids is 3. The quantitative estimate of drug-likeness (QED) is 0.320. The number of para-hydroxylation sites is 2. The Morgan fingerprint density at radius 3 is 2.25 bits per heavy atom. The third kappa shape index (κ3) is 7.14. The Balaban J connectivity index is 1.78. The van der Waals surface area contributed by atoms with Crippen molar-refractivity contribution in [1.29, 1.82) is 0 Å². The molecule has 1 aliphatic rings. The number of likely N-dealkylation sites (tertiary alicyclic amines) is 1. The van der Waals surface area contributed by atoms with E-state index >= 15 is 0 Å². The van der Waals surface area contributed by atoms with E-state index in [9.17, 15) is 19.2 Å². The minimum absolute atomic E-state index is 0.0709. The second-order valence-electron chi connectivity index (χ2n) is 9.11. The first-order valence-corrected chi connectivity index (χ1v) is 12.1. The number of carbonyl (C=O) groups is 4. The molecule has 2 amide bonds. The van der Waals surface area contributed by atoms with Crippen molar-refractivity contribution >= 4 is 35.1 Å². The van der Waals surface area contributed by atoms with Crippen molar-refractivity contribution in [3.63, 3.8) is 0 Å². The van der Waals surface area contributed by atoms with Gasteiger partial charge in [-0.2, -0.15) is 0 Å². The van der Waals surface area contributed by atoms with Crippen molar-refractivity contribution in [2.75, 3.05) is 45.2 Å². The van der Waals surface area contributed by atoms with Crippen molar-refractivity contribution in [1.82, 2.24) is 9.80 Å². The maximum atomic E-state index is 13.3. The lowest BCUT2D eigenvalue weighted by molar-refractivity contribution is -0.153. The number of anilines is 2. The molecule has 192 valence electrons. The number of ketones is 1. The maximum Gasteiger partial charge on any atom is 0.407 e. The summed E-state index contributed by atoms with van der Waals surface area (Å²) >= 11 is 0. The molecule has 0 saturated carbocycles. The molecule has 0 atom stereocenters. The Kier molecular flexibility index (Phi) is 9.58. The van der Waals surface area contributed by atoms with Crippen LogP contribution in [0.15, 0.2) is 54.6 Å². The molecule has 2 aromatic rings. The molecule has 1 heterocycles. The van der Waals surface area contributed by atoms with Crippen molar-refractivity contribution in [2.45, 2.75) is 25.7 Å². The maximum absolute atomic E-state index is 13.3. The van der Waals surface area contributed by atoms with E-state index in [4.69, 9.17) is 9.84 Å². The van der Waals surface area contributed by atoms with Gasteiger partial charge in [0.1, 0.15) is 6.61 Å². The predicted molar refractivity (Wildman–Crippen MR) is 135 cm³/mol. The zero-order chi connectivity index (χ0) is 26.1. The summed E-state index contributed by atoms with van der Waals surface area (Å²) < 4.78 is 5.19. The van der Waals surface area contributed by atoms with Gasteiger partial charge < -0.3 is 19.6 Å². The number of amides is 2. The summed E-state index contributed by atoms with van der Waals surface area (Å²) in [5.74, 6) is -1.74. The number of Topliss-reactive ketones (excluding diaryl/α,β-unsaturated/α-hetero) is 1. The van der Waals surface area contributed by atoms with E-state index in [2.05, 4.69) is 0 Å². The molecule has 1 fully saturated rings. The Hall–Kier alpha value is -3.72. The number of hydrogen-bond acceptors (Lipinski definition) is 6. The highest BCUT2D eigenvalue weighted by atomic mass is 16.5. The first-order valence-electron chi connectivity index (χ1n) is 12.1. The summed E-state index contributed by atoms with van der Waals surface area (Å²) in [6.45, 7) is 1.49. The second-order valence-corrected chi connectivity index (χ2v) is 9.11. The van der Waals surface area contributed by atoms with Crippen LogP contribution < -0.4 is 4.90 Å². The molecule has 0 aromatic heterocycles. The van der Waals surface area contributed by atoms with Crippen LogP contribution in [-0.4, -0.2) is 79.0 Å². The van der Waals surface area contributed by atoms with Crippen LogP contribution in [0.1, 0.15) is 36.0 Å². The minimum Gasteiger partial charge on any atom is -0.465 e. The Labute approximate surface area is 211 Å². The van der Waals surface area contributed by atoms with Gasteiger partial charge in [-0.15, -0.1) is 0 Å². The van der Waals surface area contributed by atoms with E-state index in [1.807, 2.05) is 19.0 Å². The van der Waals surface area contributed by atoms with Gasteiger partial charge in [-0.05, 0) is 63.5 Å². The Morgan fingerprint density at radius 1 is 0.972 bits per heavy atom. The number of likely N-dealkylation sites (N-methyl/N-ethyl adjacent to an activating group) is 1. The number of carboxylic acid groups (broad SMARTS) is 1. The fourth-order valence-corrected chi connectivity index (χ4v) is 4.20. The fourth-order valence-electron chi connectivity index (χ4n) is 4.20. The predicted octanol–water partition coefficient (Wildman–Crippen LogP) is 3.81. The van der Waals surface area contributed by atoms with E-state index in [1.165, 1.54) is 9.80 Å². The first kappa shape index (κ1) is 26.9. The van der Waals surface area contributed by atoms with Crippen molar-refractivity contribution in [2.24, 2.45) is 5.92 Å². The van der Waals surface area contributed by atoms with E-state index in [0.29, 0.717) is 55.8 Å². The monoisotopic (exact) mass is 495 g/mol. The molecule has 36 heavy (non-hydrogen) atoms. The van der Waals surface area contributed by atoms with Gasteiger partial charge in [0.05, 0.1) is 5.69 Å². The largest absolute Gasteiger partial charge is 0.465 e. The van der Waals surface area contributed by atoms with Gasteiger partial charge in [0.15, 0.2) is 5.78 Å². The third-order valence-corrected chi connectivity index (χ3v) is 6.27. The van der Waals surface area contributed by atoms with Gasteiger partial charge in [0, 0.05) is 37.3 Å². The molecule has 1 N–H and O–H groups in total. The summed E-state index contributed by atoms with van der Waals surface area (Å²) in [5.41, 5.74) is 1.12. The van der Waals surface area contributed by atoms with Crippen molar-refractivity contribution in [3.8, 4) is 0 Å². The average Bonchev–Trinajstić information content (AvgIpc) is 2.88. The van der Waals surface area contributed by atoms with Gasteiger partial charge in [-0.25, -0.2) is 9.59 Å². The number of benzene rings is 2. The average molecular weight is 496 g/mol. The number of nitrogens with zero attached hydrogens (tertiary/aromatic N) is 3. The van der Waals surface area contributed by atoms with Crippen molar-refractivity contribution in [3.05, 3.63) is 60.2 Å². The summed E-state index contributed by atoms with van der Waals surface area (Å²) in [5, 5.41) is 9.13. The molecule has 2 aromatic carbocycles. The SMILES string of the molecule is CN(C)CCOC(=O)C(=O)N(c1ccccc1)c1ccccc1C(=O)CCC1CCN(C(=O)O)CC1. The van der Waals surface area contributed by atoms with Crippen LogP contribution in [0.3, 0.4) is 0 Å². The molecular formula is C27H33N3O6. The van der Waals surface area contributed by atoms with Crippen LogP contribution in [0, 0.1) is 5.92 Å². The van der Waals surface area contributed by atoms with Crippen LogP contribution in [0.4, 0.5) is 16.2 Å². The van der Waals surface area contributed by atoms with Crippen LogP contribution in [0.5, 0.6) is 0 Å².